The van der Waals surface area contributed by atoms with E-state index in [9.17, 15) is 20.0 Å². The summed E-state index contributed by atoms with van der Waals surface area (Å²) in [5.41, 5.74) is 2.14. The summed E-state index contributed by atoms with van der Waals surface area (Å²) in [6.45, 7) is 1.72. The summed E-state index contributed by atoms with van der Waals surface area (Å²) in [6, 6.07) is 7.43. The van der Waals surface area contributed by atoms with Gasteiger partial charge in [-0.1, -0.05) is 12.1 Å². The minimum atomic E-state index is -0.758. The molecule has 1 aromatic carbocycles. The summed E-state index contributed by atoms with van der Waals surface area (Å²) in [7, 11) is 0. The highest BCUT2D eigenvalue weighted by molar-refractivity contribution is 7.12. The number of phenols is 1. The van der Waals surface area contributed by atoms with Gasteiger partial charge in [0.05, 0.1) is 16.2 Å². The third kappa shape index (κ3) is 3.23. The summed E-state index contributed by atoms with van der Waals surface area (Å²) in [5.74, 6) is -1.39. The monoisotopic (exact) mass is 305 g/mol. The third-order valence-electron chi connectivity index (χ3n) is 2.66. The van der Waals surface area contributed by atoms with Crippen molar-refractivity contribution in [2.24, 2.45) is 5.10 Å². The van der Waals surface area contributed by atoms with E-state index >= 15 is 0 Å². The molecule has 0 saturated heterocycles. The Bertz CT molecular complexity index is 710. The molecule has 0 saturated carbocycles. The van der Waals surface area contributed by atoms with Crippen molar-refractivity contribution in [3.05, 3.63) is 56.3 Å². The number of para-hydroxylation sites is 1. The van der Waals surface area contributed by atoms with Gasteiger partial charge in [0, 0.05) is 10.9 Å². The van der Waals surface area contributed by atoms with E-state index in [2.05, 4.69) is 10.5 Å². The molecule has 0 aliphatic rings. The zero-order valence-electron chi connectivity index (χ0n) is 10.9. The number of thiophene rings is 1. The van der Waals surface area contributed by atoms with Crippen LogP contribution in [0, 0.1) is 10.1 Å². The SMILES string of the molecule is C/C(=N/NC(=O)c1cccc([N+](=O)[O-])c1O)c1cccs1. The summed E-state index contributed by atoms with van der Waals surface area (Å²) < 4.78 is 0. The maximum absolute atomic E-state index is 11.9. The number of nitro benzene ring substituents is 1. The van der Waals surface area contributed by atoms with Crippen LogP contribution in [0.25, 0.3) is 0 Å². The Balaban J connectivity index is 2.20. The zero-order valence-corrected chi connectivity index (χ0v) is 11.8. The third-order valence-corrected chi connectivity index (χ3v) is 3.64. The van der Waals surface area contributed by atoms with E-state index in [1.54, 1.807) is 6.92 Å². The predicted molar refractivity (Wildman–Crippen MR) is 78.8 cm³/mol. The lowest BCUT2D eigenvalue weighted by molar-refractivity contribution is -0.385. The van der Waals surface area contributed by atoms with Crippen molar-refractivity contribution in [1.82, 2.24) is 5.43 Å². The number of nitro groups is 1. The minimum absolute atomic E-state index is 0.202. The Morgan fingerprint density at radius 2 is 2.14 bits per heavy atom. The van der Waals surface area contributed by atoms with Gasteiger partial charge >= 0.3 is 5.69 Å². The number of hydrazone groups is 1. The molecule has 1 aromatic heterocycles. The van der Waals surface area contributed by atoms with Crippen LogP contribution in [-0.2, 0) is 0 Å². The lowest BCUT2D eigenvalue weighted by atomic mass is 10.1. The van der Waals surface area contributed by atoms with E-state index in [-0.39, 0.29) is 5.56 Å². The number of benzene rings is 1. The van der Waals surface area contributed by atoms with Gasteiger partial charge in [0.2, 0.25) is 5.75 Å². The van der Waals surface area contributed by atoms with Gasteiger partial charge in [0.25, 0.3) is 5.91 Å². The normalized spacial score (nSPS) is 11.2. The maximum atomic E-state index is 11.9. The van der Waals surface area contributed by atoms with Crippen molar-refractivity contribution in [2.75, 3.05) is 0 Å². The Morgan fingerprint density at radius 1 is 1.38 bits per heavy atom. The van der Waals surface area contributed by atoms with Gasteiger partial charge < -0.3 is 5.11 Å². The number of nitrogens with one attached hydrogen (secondary N) is 1. The maximum Gasteiger partial charge on any atom is 0.311 e. The fourth-order valence-corrected chi connectivity index (χ4v) is 2.27. The highest BCUT2D eigenvalue weighted by Crippen LogP contribution is 2.29. The van der Waals surface area contributed by atoms with Gasteiger partial charge in [-0.3, -0.25) is 14.9 Å². The number of amides is 1. The largest absolute Gasteiger partial charge is 0.502 e. The predicted octanol–water partition coefficient (Wildman–Crippen LogP) is 2.52. The Kier molecular flexibility index (Phi) is 4.29. The summed E-state index contributed by atoms with van der Waals surface area (Å²) in [4.78, 5) is 22.8. The lowest BCUT2D eigenvalue weighted by Crippen LogP contribution is -2.19. The van der Waals surface area contributed by atoms with E-state index in [1.807, 2.05) is 17.5 Å². The molecule has 1 amide bonds. The van der Waals surface area contributed by atoms with Crippen molar-refractivity contribution < 1.29 is 14.8 Å². The molecule has 0 radical (unpaired) electrons. The number of hydrogen-bond donors (Lipinski definition) is 2. The van der Waals surface area contributed by atoms with Crippen molar-refractivity contribution in [1.29, 1.82) is 0 Å². The number of aromatic hydroxyl groups is 1. The average Bonchev–Trinajstić information content (AvgIpc) is 2.98. The number of rotatable bonds is 4. The van der Waals surface area contributed by atoms with Gasteiger partial charge in [-0.15, -0.1) is 11.3 Å². The second-order valence-corrected chi connectivity index (χ2v) is 4.99. The molecule has 0 aliphatic carbocycles. The van der Waals surface area contributed by atoms with Gasteiger partial charge in [0.15, 0.2) is 0 Å². The first-order chi connectivity index (χ1) is 10.0. The van der Waals surface area contributed by atoms with Crippen LogP contribution >= 0.6 is 11.3 Å². The van der Waals surface area contributed by atoms with Crippen LogP contribution in [0.5, 0.6) is 5.75 Å². The molecule has 8 heteroatoms. The van der Waals surface area contributed by atoms with E-state index in [0.717, 1.165) is 10.9 Å². The Morgan fingerprint density at radius 3 is 2.76 bits per heavy atom. The molecule has 108 valence electrons. The fraction of sp³-hybridized carbons (Fsp3) is 0.0769. The second-order valence-electron chi connectivity index (χ2n) is 4.05. The molecule has 0 bridgehead atoms. The summed E-state index contributed by atoms with van der Waals surface area (Å²) >= 11 is 1.47. The van der Waals surface area contributed by atoms with Crippen molar-refractivity contribution in [3.63, 3.8) is 0 Å². The van der Waals surface area contributed by atoms with Gasteiger partial charge in [0.1, 0.15) is 0 Å². The summed E-state index contributed by atoms with van der Waals surface area (Å²) in [5, 5.41) is 26.2. The fourth-order valence-electron chi connectivity index (χ4n) is 1.60. The van der Waals surface area contributed by atoms with Gasteiger partial charge in [-0.2, -0.15) is 5.10 Å². The van der Waals surface area contributed by atoms with Gasteiger partial charge in [-0.05, 0) is 24.4 Å². The average molecular weight is 305 g/mol. The molecule has 0 spiro atoms. The number of nitrogens with zero attached hydrogens (tertiary/aromatic N) is 2. The molecular formula is C13H11N3O4S. The van der Waals surface area contributed by atoms with Crippen LogP contribution in [0.3, 0.4) is 0 Å². The van der Waals surface area contributed by atoms with E-state index in [4.69, 9.17) is 0 Å². The number of carbonyl (C=O) groups excluding carboxylic acids is 1. The van der Waals surface area contributed by atoms with Gasteiger partial charge in [-0.25, -0.2) is 5.43 Å². The Hall–Kier alpha value is -2.74. The molecule has 2 aromatic rings. The smallest absolute Gasteiger partial charge is 0.311 e. The molecular weight excluding hydrogens is 294 g/mol. The molecule has 7 nitrogen and oxygen atoms in total. The highest BCUT2D eigenvalue weighted by atomic mass is 32.1. The van der Waals surface area contributed by atoms with Crippen LogP contribution in [0.1, 0.15) is 22.2 Å². The molecule has 0 aliphatic heterocycles. The standard InChI is InChI=1S/C13H11N3O4S/c1-8(11-6-3-7-21-11)14-15-13(18)9-4-2-5-10(12(9)17)16(19)20/h2-7,17H,1H3,(H,15,18)/b14-8-. The lowest BCUT2D eigenvalue weighted by Gasteiger charge is -2.04. The van der Waals surface area contributed by atoms with Crippen LogP contribution in [-0.4, -0.2) is 21.6 Å². The van der Waals surface area contributed by atoms with Crippen LogP contribution in [0.2, 0.25) is 0 Å². The van der Waals surface area contributed by atoms with Crippen molar-refractivity contribution in [2.45, 2.75) is 6.92 Å². The number of hydrogen-bond acceptors (Lipinski definition) is 6. The molecule has 0 fully saturated rings. The first kappa shape index (κ1) is 14.7. The number of phenolic OH excluding ortho intramolecular Hbond substituents is 1. The van der Waals surface area contributed by atoms with E-state index in [0.29, 0.717) is 5.71 Å². The highest BCUT2D eigenvalue weighted by Gasteiger charge is 2.20. The summed E-state index contributed by atoms with van der Waals surface area (Å²) in [6.07, 6.45) is 0. The van der Waals surface area contributed by atoms with Crippen LogP contribution < -0.4 is 5.43 Å². The molecule has 1 heterocycles. The molecule has 0 atom stereocenters. The zero-order chi connectivity index (χ0) is 15.4. The molecule has 21 heavy (non-hydrogen) atoms. The molecule has 2 rings (SSSR count). The number of carbonyl (C=O) groups is 1. The Labute approximate surface area is 123 Å². The quantitative estimate of drug-likeness (QED) is 0.514. The van der Waals surface area contributed by atoms with E-state index in [1.165, 1.54) is 23.5 Å². The topological polar surface area (TPSA) is 105 Å². The first-order valence-electron chi connectivity index (χ1n) is 5.85. The van der Waals surface area contributed by atoms with Crippen LogP contribution in [0.4, 0.5) is 5.69 Å². The van der Waals surface area contributed by atoms with Crippen LogP contribution in [0.15, 0.2) is 40.8 Å². The molecule has 2 N–H and O–H groups in total. The second kappa shape index (κ2) is 6.14. The minimum Gasteiger partial charge on any atom is -0.502 e. The molecule has 0 unspecified atom stereocenters. The van der Waals surface area contributed by atoms with Crippen molar-refractivity contribution in [3.8, 4) is 5.75 Å². The van der Waals surface area contributed by atoms with Crippen molar-refractivity contribution >= 4 is 28.6 Å². The van der Waals surface area contributed by atoms with E-state index < -0.39 is 22.3 Å². The first-order valence-corrected chi connectivity index (χ1v) is 6.73.